The Morgan fingerprint density at radius 3 is 1.89 bits per heavy atom. The van der Waals surface area contributed by atoms with Gasteiger partial charge in [0, 0.05) is 6.92 Å². The second kappa shape index (κ2) is 10.2. The van der Waals surface area contributed by atoms with Crippen molar-refractivity contribution in [1.82, 2.24) is 10.2 Å². The molecular formula is C8H17N4O7+. The quantitative estimate of drug-likeness (QED) is 0.186. The minimum absolute atomic E-state index is 0.742. The van der Waals surface area contributed by atoms with Gasteiger partial charge in [0.15, 0.2) is 6.10 Å². The predicted molar refractivity (Wildman–Crippen MR) is 57.5 cm³/mol. The van der Waals surface area contributed by atoms with Gasteiger partial charge in [-0.3, -0.25) is 14.9 Å². The average molecular weight is 281 g/mol. The van der Waals surface area contributed by atoms with E-state index in [4.69, 9.17) is 26.4 Å². The van der Waals surface area contributed by atoms with Crippen molar-refractivity contribution in [1.29, 1.82) is 11.1 Å². The number of aliphatic hydroxyl groups excluding tert-OH is 5. The Labute approximate surface area is 107 Å². The molecule has 4 unspecified atom stereocenters. The Morgan fingerprint density at radius 1 is 1.16 bits per heavy atom. The van der Waals surface area contributed by atoms with E-state index in [0.717, 1.165) is 6.92 Å². The molecule has 0 aliphatic rings. The minimum Gasteiger partial charge on any atom is -0.394 e. The van der Waals surface area contributed by atoms with E-state index >= 15 is 0 Å². The van der Waals surface area contributed by atoms with E-state index in [-0.39, 0.29) is 0 Å². The molecule has 0 spiro atoms. The van der Waals surface area contributed by atoms with Gasteiger partial charge in [0.1, 0.15) is 29.4 Å². The second-order valence-corrected chi connectivity index (χ2v) is 3.33. The molecule has 0 saturated heterocycles. The molecule has 4 atom stereocenters. The fraction of sp³-hybridized carbons (Fsp3) is 0.750. The summed E-state index contributed by atoms with van der Waals surface area (Å²) in [6.45, 7) is 0.176. The normalized spacial score (nSPS) is 15.9. The zero-order valence-corrected chi connectivity index (χ0v) is 10.0. The molecule has 11 nitrogen and oxygen atoms in total. The summed E-state index contributed by atoms with van der Waals surface area (Å²) in [6.07, 6.45) is -7.70. The Kier molecular flexibility index (Phi) is 10.5. The number of nitrogens with one attached hydrogen (secondary N) is 3. The van der Waals surface area contributed by atoms with Crippen LogP contribution in [0.2, 0.25) is 0 Å². The molecule has 110 valence electrons. The lowest BCUT2D eigenvalue weighted by Crippen LogP contribution is -2.52. The number of aliphatic hydroxyl groups is 5. The van der Waals surface area contributed by atoms with Crippen molar-refractivity contribution in [3.63, 3.8) is 0 Å². The number of hydrogen-bond donors (Lipinski definition) is 8. The maximum Gasteiger partial charge on any atom is 0.258 e. The van der Waals surface area contributed by atoms with E-state index in [1.54, 1.807) is 5.32 Å². The molecular weight excluding hydrogens is 264 g/mol. The van der Waals surface area contributed by atoms with Crippen molar-refractivity contribution in [3.05, 3.63) is 0 Å². The van der Waals surface area contributed by atoms with Crippen LogP contribution in [0, 0.1) is 11.1 Å². The van der Waals surface area contributed by atoms with Gasteiger partial charge < -0.3 is 25.5 Å². The van der Waals surface area contributed by atoms with Gasteiger partial charge in [0.2, 0.25) is 10.8 Å². The van der Waals surface area contributed by atoms with Crippen molar-refractivity contribution in [2.75, 3.05) is 6.61 Å². The van der Waals surface area contributed by atoms with Gasteiger partial charge in [0.05, 0.1) is 6.61 Å². The topological polar surface area (TPSA) is 209 Å². The van der Waals surface area contributed by atoms with Crippen molar-refractivity contribution in [3.8, 4) is 0 Å². The molecule has 0 aromatic rings. The van der Waals surface area contributed by atoms with Gasteiger partial charge in [0.25, 0.3) is 5.91 Å². The van der Waals surface area contributed by atoms with E-state index in [0.29, 0.717) is 0 Å². The molecule has 2 amide bonds. The van der Waals surface area contributed by atoms with Gasteiger partial charge in [-0.25, -0.2) is 0 Å². The first-order valence-electron chi connectivity index (χ1n) is 4.90. The number of hydrogen-bond acceptors (Lipinski definition) is 9. The van der Waals surface area contributed by atoms with E-state index in [9.17, 15) is 19.8 Å². The lowest BCUT2D eigenvalue weighted by molar-refractivity contribution is -0.150. The fourth-order valence-electron chi connectivity index (χ4n) is 0.925. The Morgan fingerprint density at radius 2 is 1.58 bits per heavy atom. The van der Waals surface area contributed by atoms with Gasteiger partial charge in [-0.1, -0.05) is 0 Å². The molecule has 19 heavy (non-hydrogen) atoms. The summed E-state index contributed by atoms with van der Waals surface area (Å²) >= 11 is 0. The summed E-state index contributed by atoms with van der Waals surface area (Å²) in [4.78, 5) is 23.5. The summed E-state index contributed by atoms with van der Waals surface area (Å²) in [6, 6.07) is 0. The minimum atomic E-state index is -2.08. The van der Waals surface area contributed by atoms with E-state index in [1.807, 2.05) is 4.91 Å². The molecule has 0 rings (SSSR count). The smallest absolute Gasteiger partial charge is 0.258 e. The monoisotopic (exact) mass is 281 g/mol. The zero-order chi connectivity index (χ0) is 15.6. The van der Waals surface area contributed by atoms with Crippen LogP contribution in [0.3, 0.4) is 0 Å². The van der Waals surface area contributed by atoms with E-state index in [1.165, 1.54) is 0 Å². The molecule has 0 aromatic carbocycles. The number of nitrogens with zero attached hydrogens (tertiary/aromatic N) is 1. The highest BCUT2D eigenvalue weighted by Gasteiger charge is 2.34. The predicted octanol–water partition coefficient (Wildman–Crippen LogP) is -3.80. The van der Waals surface area contributed by atoms with Crippen LogP contribution in [-0.2, 0) is 9.59 Å². The molecule has 8 N–H and O–H groups in total. The Bertz CT molecular complexity index is 331. The molecule has 0 aliphatic carbocycles. The zero-order valence-electron chi connectivity index (χ0n) is 10.0. The first kappa shape index (κ1) is 19.6. The lowest BCUT2D eigenvalue weighted by atomic mass is 10.0. The van der Waals surface area contributed by atoms with Crippen LogP contribution in [0.25, 0.3) is 0 Å². The largest absolute Gasteiger partial charge is 0.394 e. The Hall–Kier alpha value is -1.75. The number of carbonyl (C=O) groups excluding carboxylic acids is 2. The lowest BCUT2D eigenvalue weighted by Gasteiger charge is -2.24. The van der Waals surface area contributed by atoms with Crippen LogP contribution < -0.4 is 10.2 Å². The molecule has 0 saturated carbocycles. The molecule has 0 aromatic heterocycles. The fourth-order valence-corrected chi connectivity index (χ4v) is 0.925. The van der Waals surface area contributed by atoms with Crippen LogP contribution in [0.1, 0.15) is 6.92 Å². The molecule has 0 aliphatic heterocycles. The molecule has 0 bridgehead atoms. The van der Waals surface area contributed by atoms with Crippen LogP contribution >= 0.6 is 0 Å². The average Bonchev–Trinajstić information content (AvgIpc) is 2.35. The number of rotatable bonds is 5. The van der Waals surface area contributed by atoms with Gasteiger partial charge in [-0.05, 0) is 0 Å². The van der Waals surface area contributed by atoms with E-state index < -0.39 is 42.8 Å². The Balaban J connectivity index is 0. The first-order chi connectivity index (χ1) is 8.72. The highest BCUT2D eigenvalue weighted by molar-refractivity contribution is 5.96. The summed E-state index contributed by atoms with van der Waals surface area (Å²) in [5.74, 6) is -1.95. The second-order valence-electron chi connectivity index (χ2n) is 3.33. The summed E-state index contributed by atoms with van der Waals surface area (Å²) in [5.41, 5.74) is 11.0. The van der Waals surface area contributed by atoms with Crippen molar-refractivity contribution in [2.45, 2.75) is 31.3 Å². The standard InChI is InChI=1S/C8H15NO7.H2N3/c1-3(11)9-8(16)7(15)6(14)5(13)4(12)2-10;1-3-2/h4-7,10,12-15H,2H2,1H3,(H,9,11,16);1-2H/q;+1. The maximum absolute atomic E-state index is 11.0. The van der Waals surface area contributed by atoms with Gasteiger partial charge in [-0.2, -0.15) is 0 Å². The van der Waals surface area contributed by atoms with Crippen molar-refractivity contribution >= 4 is 11.8 Å². The van der Waals surface area contributed by atoms with Crippen molar-refractivity contribution < 1.29 is 35.1 Å². The van der Waals surface area contributed by atoms with Gasteiger partial charge >= 0.3 is 0 Å². The number of carbonyl (C=O) groups is 2. The molecule has 0 fully saturated rings. The third kappa shape index (κ3) is 8.05. The van der Waals surface area contributed by atoms with E-state index in [2.05, 4.69) is 0 Å². The molecule has 0 radical (unpaired) electrons. The third-order valence-corrected chi connectivity index (χ3v) is 1.82. The van der Waals surface area contributed by atoms with Crippen LogP contribution in [0.15, 0.2) is 0 Å². The number of amides is 2. The molecule has 11 heteroatoms. The highest BCUT2D eigenvalue weighted by atomic mass is 16.4. The van der Waals surface area contributed by atoms with Crippen LogP contribution in [-0.4, -0.2) is 68.4 Å². The van der Waals surface area contributed by atoms with Crippen LogP contribution in [0.4, 0.5) is 0 Å². The summed E-state index contributed by atoms with van der Waals surface area (Å²) in [7, 11) is 0. The first-order valence-corrected chi connectivity index (χ1v) is 4.90. The maximum atomic E-state index is 11.0. The van der Waals surface area contributed by atoms with Gasteiger partial charge in [-0.15, -0.1) is 0 Å². The number of imide groups is 1. The SMILES string of the molecule is CC(=O)NC(=O)C(O)C(O)C(O)C(O)CO.N=[N+]=N. The summed E-state index contributed by atoms with van der Waals surface area (Å²) in [5, 5.41) is 46.7. The van der Waals surface area contributed by atoms with Crippen molar-refractivity contribution in [2.24, 2.45) is 0 Å². The van der Waals surface area contributed by atoms with Crippen LogP contribution in [0.5, 0.6) is 0 Å². The summed E-state index contributed by atoms with van der Waals surface area (Å²) < 4.78 is 0. The molecule has 0 heterocycles. The third-order valence-electron chi connectivity index (χ3n) is 1.82. The highest BCUT2D eigenvalue weighted by Crippen LogP contribution is 2.05.